The predicted octanol–water partition coefficient (Wildman–Crippen LogP) is 0.976. The minimum Gasteiger partial charge on any atom is -0.463 e. The van der Waals surface area contributed by atoms with Gasteiger partial charge in [0.05, 0.1) is 6.61 Å². The van der Waals surface area contributed by atoms with Crippen molar-refractivity contribution in [2.45, 2.75) is 52.3 Å². The third-order valence-corrected chi connectivity index (χ3v) is 3.44. The Hall–Kier alpha value is -1.93. The van der Waals surface area contributed by atoms with E-state index in [-0.39, 0.29) is 19.1 Å². The molecule has 0 bridgehead atoms. The molecule has 0 unspecified atom stereocenters. The van der Waals surface area contributed by atoms with E-state index in [9.17, 15) is 14.4 Å². The van der Waals surface area contributed by atoms with E-state index in [1.165, 1.54) is 26.8 Å². The zero-order valence-electron chi connectivity index (χ0n) is 14.4. The monoisotopic (exact) mass is 344 g/mol. The molecule has 1 fully saturated rings. The summed E-state index contributed by atoms with van der Waals surface area (Å²) >= 11 is 0. The summed E-state index contributed by atoms with van der Waals surface area (Å²) in [6.07, 6.45) is -1.79. The number of rotatable bonds is 7. The first-order valence-corrected chi connectivity index (χ1v) is 7.62. The molecular weight excluding hydrogens is 320 g/mol. The van der Waals surface area contributed by atoms with Gasteiger partial charge in [0.2, 0.25) is 0 Å². The molecule has 0 aromatic heterocycles. The molecule has 136 valence electrons. The Bertz CT molecular complexity index is 475. The maximum atomic E-state index is 11.4. The van der Waals surface area contributed by atoms with Crippen molar-refractivity contribution < 1.29 is 38.1 Å². The van der Waals surface area contributed by atoms with Gasteiger partial charge in [0, 0.05) is 26.7 Å². The number of hydrogen-bond acceptors (Lipinski definition) is 8. The standard InChI is InChI=1S/C16H24O8/c1-6-7-20-16-15(23-12(5)19)14(22-11(4)18)9(2)13(24-16)8-21-10(3)17/h6,9,13-16H,1,7-8H2,2-5H3/t9-,13-,14+,15-,16-/m1/s1. The van der Waals surface area contributed by atoms with E-state index in [1.54, 1.807) is 6.92 Å². The SMILES string of the molecule is C=CCO[C@@H]1O[C@H](COC(C)=O)[C@@H](C)[C@H](OC(C)=O)[C@H]1OC(C)=O. The van der Waals surface area contributed by atoms with Gasteiger partial charge in [-0.1, -0.05) is 13.0 Å². The molecule has 8 heteroatoms. The third kappa shape index (κ3) is 5.93. The van der Waals surface area contributed by atoms with Gasteiger partial charge in [-0.25, -0.2) is 0 Å². The molecular formula is C16H24O8. The smallest absolute Gasteiger partial charge is 0.303 e. The highest BCUT2D eigenvalue weighted by Gasteiger charge is 2.48. The van der Waals surface area contributed by atoms with Crippen molar-refractivity contribution in [1.29, 1.82) is 0 Å². The minimum absolute atomic E-state index is 0.0327. The molecule has 0 spiro atoms. The predicted molar refractivity (Wildman–Crippen MR) is 81.7 cm³/mol. The zero-order valence-corrected chi connectivity index (χ0v) is 14.4. The molecule has 1 saturated heterocycles. The van der Waals surface area contributed by atoms with E-state index in [1.807, 2.05) is 0 Å². The van der Waals surface area contributed by atoms with Crippen LogP contribution in [-0.2, 0) is 38.1 Å². The van der Waals surface area contributed by atoms with Gasteiger partial charge in [0.1, 0.15) is 18.8 Å². The van der Waals surface area contributed by atoms with Crippen LogP contribution in [0.2, 0.25) is 0 Å². The van der Waals surface area contributed by atoms with Gasteiger partial charge in [-0.05, 0) is 0 Å². The van der Waals surface area contributed by atoms with Crippen molar-refractivity contribution >= 4 is 17.9 Å². The summed E-state index contributed by atoms with van der Waals surface area (Å²) < 4.78 is 26.8. The maximum absolute atomic E-state index is 11.4. The highest BCUT2D eigenvalue weighted by molar-refractivity contribution is 5.67. The van der Waals surface area contributed by atoms with Crippen LogP contribution in [-0.4, -0.2) is 55.7 Å². The number of carbonyl (C=O) groups is 3. The fraction of sp³-hybridized carbons (Fsp3) is 0.688. The largest absolute Gasteiger partial charge is 0.463 e. The van der Waals surface area contributed by atoms with E-state index in [0.29, 0.717) is 0 Å². The fourth-order valence-corrected chi connectivity index (χ4v) is 2.41. The molecule has 0 saturated carbocycles. The lowest BCUT2D eigenvalue weighted by atomic mass is 9.90. The second-order valence-corrected chi connectivity index (χ2v) is 5.47. The lowest BCUT2D eigenvalue weighted by Gasteiger charge is -2.43. The van der Waals surface area contributed by atoms with Gasteiger partial charge in [0.15, 0.2) is 12.4 Å². The van der Waals surface area contributed by atoms with E-state index >= 15 is 0 Å². The first kappa shape index (κ1) is 20.1. The van der Waals surface area contributed by atoms with Crippen molar-refractivity contribution in [3.05, 3.63) is 12.7 Å². The van der Waals surface area contributed by atoms with Gasteiger partial charge in [-0.2, -0.15) is 0 Å². The number of ether oxygens (including phenoxy) is 5. The van der Waals surface area contributed by atoms with Crippen molar-refractivity contribution in [2.24, 2.45) is 5.92 Å². The summed E-state index contributed by atoms with van der Waals surface area (Å²) in [6, 6.07) is 0. The molecule has 24 heavy (non-hydrogen) atoms. The summed E-state index contributed by atoms with van der Waals surface area (Å²) in [5, 5.41) is 0. The molecule has 0 amide bonds. The molecule has 0 radical (unpaired) electrons. The molecule has 8 nitrogen and oxygen atoms in total. The summed E-state index contributed by atoms with van der Waals surface area (Å²) in [5.74, 6) is -1.93. The molecule has 0 aromatic carbocycles. The number of hydrogen-bond donors (Lipinski definition) is 0. The summed E-state index contributed by atoms with van der Waals surface area (Å²) in [4.78, 5) is 33.9. The van der Waals surface area contributed by atoms with Crippen LogP contribution < -0.4 is 0 Å². The molecule has 1 aliphatic rings. The average Bonchev–Trinajstić information content (AvgIpc) is 2.48. The minimum atomic E-state index is -0.979. The average molecular weight is 344 g/mol. The lowest BCUT2D eigenvalue weighted by Crippen LogP contribution is -2.58. The van der Waals surface area contributed by atoms with Gasteiger partial charge >= 0.3 is 17.9 Å². The Morgan fingerprint density at radius 2 is 1.62 bits per heavy atom. The fourth-order valence-electron chi connectivity index (χ4n) is 2.41. The zero-order chi connectivity index (χ0) is 18.3. The van der Waals surface area contributed by atoms with Crippen LogP contribution in [0.5, 0.6) is 0 Å². The van der Waals surface area contributed by atoms with Crippen LogP contribution in [0.4, 0.5) is 0 Å². The van der Waals surface area contributed by atoms with Gasteiger partial charge in [-0.3, -0.25) is 14.4 Å². The third-order valence-electron chi connectivity index (χ3n) is 3.44. The van der Waals surface area contributed by atoms with Crippen molar-refractivity contribution in [2.75, 3.05) is 13.2 Å². The number of esters is 3. The molecule has 0 aromatic rings. The molecule has 1 heterocycles. The van der Waals surface area contributed by atoms with Crippen molar-refractivity contribution in [3.8, 4) is 0 Å². The Morgan fingerprint density at radius 3 is 2.12 bits per heavy atom. The Morgan fingerprint density at radius 1 is 1.04 bits per heavy atom. The van der Waals surface area contributed by atoms with Crippen LogP contribution in [0.15, 0.2) is 12.7 Å². The lowest BCUT2D eigenvalue weighted by molar-refractivity contribution is -0.292. The highest BCUT2D eigenvalue weighted by Crippen LogP contribution is 2.31. The Kier molecular flexibility index (Phi) is 7.87. The molecule has 0 aliphatic carbocycles. The first-order valence-electron chi connectivity index (χ1n) is 7.62. The first-order chi connectivity index (χ1) is 11.3. The topological polar surface area (TPSA) is 97.4 Å². The van der Waals surface area contributed by atoms with Crippen LogP contribution in [0.25, 0.3) is 0 Å². The van der Waals surface area contributed by atoms with E-state index in [4.69, 9.17) is 23.7 Å². The van der Waals surface area contributed by atoms with E-state index in [0.717, 1.165) is 0 Å². The molecule has 1 aliphatic heterocycles. The quantitative estimate of drug-likeness (QED) is 0.383. The molecule has 5 atom stereocenters. The van der Waals surface area contributed by atoms with Crippen LogP contribution in [0.3, 0.4) is 0 Å². The Labute approximate surface area is 141 Å². The van der Waals surface area contributed by atoms with Crippen LogP contribution in [0, 0.1) is 5.92 Å². The summed E-state index contributed by atoms with van der Waals surface area (Å²) in [6.45, 7) is 9.19. The highest BCUT2D eigenvalue weighted by atomic mass is 16.7. The molecule has 0 N–H and O–H groups in total. The van der Waals surface area contributed by atoms with Crippen molar-refractivity contribution in [1.82, 2.24) is 0 Å². The second kappa shape index (κ2) is 9.39. The number of carbonyl (C=O) groups excluding carboxylic acids is 3. The van der Waals surface area contributed by atoms with E-state index in [2.05, 4.69) is 6.58 Å². The normalized spacial score (nSPS) is 29.4. The van der Waals surface area contributed by atoms with E-state index < -0.39 is 42.5 Å². The van der Waals surface area contributed by atoms with Gasteiger partial charge in [-0.15, -0.1) is 6.58 Å². The van der Waals surface area contributed by atoms with Gasteiger partial charge < -0.3 is 23.7 Å². The van der Waals surface area contributed by atoms with Crippen molar-refractivity contribution in [3.63, 3.8) is 0 Å². The summed E-state index contributed by atoms with van der Waals surface area (Å²) in [7, 11) is 0. The van der Waals surface area contributed by atoms with Crippen LogP contribution in [0.1, 0.15) is 27.7 Å². The van der Waals surface area contributed by atoms with Gasteiger partial charge in [0.25, 0.3) is 0 Å². The summed E-state index contributed by atoms with van der Waals surface area (Å²) in [5.41, 5.74) is 0. The second-order valence-electron chi connectivity index (χ2n) is 5.47. The maximum Gasteiger partial charge on any atom is 0.303 e. The van der Waals surface area contributed by atoms with Crippen LogP contribution >= 0.6 is 0 Å². The Balaban J connectivity index is 3.02. The molecule has 1 rings (SSSR count).